The van der Waals surface area contributed by atoms with Gasteiger partial charge in [0.25, 0.3) is 5.91 Å². The molecule has 2 aromatic rings. The second-order valence-electron chi connectivity index (χ2n) is 5.82. The molecule has 1 amide bonds. The first kappa shape index (κ1) is 18.1. The van der Waals surface area contributed by atoms with Crippen LogP contribution in [0.1, 0.15) is 23.6 Å². The van der Waals surface area contributed by atoms with E-state index in [1.165, 1.54) is 6.20 Å². The second kappa shape index (κ2) is 8.02. The van der Waals surface area contributed by atoms with Crippen molar-refractivity contribution < 1.29 is 4.79 Å². The smallest absolute Gasteiger partial charge is 0.267 e. The molecule has 0 heterocycles. The van der Waals surface area contributed by atoms with E-state index in [0.29, 0.717) is 11.4 Å². The molecule has 0 aliphatic carbocycles. The van der Waals surface area contributed by atoms with Gasteiger partial charge in [-0.05, 0) is 49.1 Å². The molecular formula is C20H22N4O. The van der Waals surface area contributed by atoms with Crippen molar-refractivity contribution >= 4 is 23.0 Å². The second-order valence-corrected chi connectivity index (χ2v) is 5.82. The number of nitriles is 1. The number of amides is 1. The van der Waals surface area contributed by atoms with Crippen LogP contribution in [0.5, 0.6) is 0 Å². The van der Waals surface area contributed by atoms with Gasteiger partial charge in [-0.3, -0.25) is 4.79 Å². The van der Waals surface area contributed by atoms with Crippen LogP contribution in [0, 0.1) is 25.2 Å². The van der Waals surface area contributed by atoms with Gasteiger partial charge in [-0.15, -0.1) is 0 Å². The quantitative estimate of drug-likeness (QED) is 0.439. The Hall–Kier alpha value is -3.26. The molecule has 0 aromatic heterocycles. The summed E-state index contributed by atoms with van der Waals surface area (Å²) in [5.41, 5.74) is 10.9. The van der Waals surface area contributed by atoms with Crippen molar-refractivity contribution in [2.24, 2.45) is 0 Å². The summed E-state index contributed by atoms with van der Waals surface area (Å²) >= 11 is 0. The van der Waals surface area contributed by atoms with Crippen molar-refractivity contribution in [2.45, 2.75) is 27.2 Å². The summed E-state index contributed by atoms with van der Waals surface area (Å²) < 4.78 is 0. The average Bonchev–Trinajstić information content (AvgIpc) is 2.58. The van der Waals surface area contributed by atoms with Gasteiger partial charge in [-0.2, -0.15) is 5.26 Å². The van der Waals surface area contributed by atoms with Crippen molar-refractivity contribution in [3.63, 3.8) is 0 Å². The molecule has 0 fully saturated rings. The molecule has 4 N–H and O–H groups in total. The number of rotatable bonds is 5. The van der Waals surface area contributed by atoms with Crippen LogP contribution in [0.3, 0.4) is 0 Å². The molecule has 0 spiro atoms. The third kappa shape index (κ3) is 4.39. The van der Waals surface area contributed by atoms with Crippen molar-refractivity contribution in [2.75, 3.05) is 16.4 Å². The maximum Gasteiger partial charge on any atom is 0.267 e. The highest BCUT2D eigenvalue weighted by atomic mass is 16.1. The summed E-state index contributed by atoms with van der Waals surface area (Å²) in [7, 11) is 0. The highest BCUT2D eigenvalue weighted by Gasteiger charge is 2.13. The number of hydrogen-bond acceptors (Lipinski definition) is 4. The fourth-order valence-electron chi connectivity index (χ4n) is 2.49. The third-order valence-electron chi connectivity index (χ3n) is 3.92. The van der Waals surface area contributed by atoms with Crippen LogP contribution in [0.4, 0.5) is 17.1 Å². The minimum atomic E-state index is -0.454. The number of para-hydroxylation sites is 1. The van der Waals surface area contributed by atoms with E-state index in [0.717, 1.165) is 28.8 Å². The van der Waals surface area contributed by atoms with Gasteiger partial charge in [0.05, 0.1) is 11.4 Å². The van der Waals surface area contributed by atoms with E-state index in [1.54, 1.807) is 0 Å². The standard InChI is InChI=1S/C20H22N4O/c1-4-15-7-5-6-14(3)19(15)24-20(25)16(11-21)12-23-18-9-8-13(2)10-17(18)22/h5-10,12,23H,4,22H2,1-3H3,(H,24,25)/b16-12-. The number of nitrogens with one attached hydrogen (secondary N) is 2. The number of nitrogen functional groups attached to an aromatic ring is 1. The van der Waals surface area contributed by atoms with Gasteiger partial charge >= 0.3 is 0 Å². The molecule has 2 aromatic carbocycles. The number of aryl methyl sites for hydroxylation is 3. The molecule has 25 heavy (non-hydrogen) atoms. The summed E-state index contributed by atoms with van der Waals surface area (Å²) in [6.45, 7) is 5.89. The minimum absolute atomic E-state index is 0.0229. The fourth-order valence-corrected chi connectivity index (χ4v) is 2.49. The molecule has 0 aliphatic heterocycles. The average molecular weight is 334 g/mol. The van der Waals surface area contributed by atoms with Gasteiger partial charge < -0.3 is 16.4 Å². The summed E-state index contributed by atoms with van der Waals surface area (Å²) in [5.74, 6) is -0.454. The highest BCUT2D eigenvalue weighted by molar-refractivity contribution is 6.07. The molecule has 128 valence electrons. The highest BCUT2D eigenvalue weighted by Crippen LogP contribution is 2.22. The maximum absolute atomic E-state index is 12.5. The first-order valence-electron chi connectivity index (χ1n) is 8.09. The SMILES string of the molecule is CCc1cccc(C)c1NC(=O)/C(C#N)=C\Nc1ccc(C)cc1N. The molecule has 0 unspecified atom stereocenters. The summed E-state index contributed by atoms with van der Waals surface area (Å²) in [6.07, 6.45) is 2.17. The Kier molecular flexibility index (Phi) is 5.80. The fraction of sp³-hybridized carbons (Fsp3) is 0.200. The topological polar surface area (TPSA) is 90.9 Å². The Morgan fingerprint density at radius 2 is 2.04 bits per heavy atom. The summed E-state index contributed by atoms with van der Waals surface area (Å²) in [4.78, 5) is 12.5. The number of benzene rings is 2. The first-order chi connectivity index (χ1) is 12.0. The molecule has 0 atom stereocenters. The van der Waals surface area contributed by atoms with E-state index in [4.69, 9.17) is 5.73 Å². The first-order valence-corrected chi connectivity index (χ1v) is 8.09. The van der Waals surface area contributed by atoms with Crippen molar-refractivity contribution in [3.8, 4) is 6.07 Å². The van der Waals surface area contributed by atoms with Gasteiger partial charge in [-0.1, -0.05) is 31.2 Å². The Balaban J connectivity index is 2.20. The van der Waals surface area contributed by atoms with Crippen LogP contribution in [-0.4, -0.2) is 5.91 Å². The zero-order valence-corrected chi connectivity index (χ0v) is 14.7. The molecule has 5 heteroatoms. The molecule has 2 rings (SSSR count). The number of nitrogens with two attached hydrogens (primary N) is 1. The van der Waals surface area contributed by atoms with E-state index in [9.17, 15) is 10.1 Å². The van der Waals surface area contributed by atoms with Crippen LogP contribution in [-0.2, 0) is 11.2 Å². The molecule has 0 radical (unpaired) electrons. The van der Waals surface area contributed by atoms with Crippen LogP contribution >= 0.6 is 0 Å². The lowest BCUT2D eigenvalue weighted by Crippen LogP contribution is -2.16. The lowest BCUT2D eigenvalue weighted by atomic mass is 10.1. The zero-order valence-electron chi connectivity index (χ0n) is 14.7. The van der Waals surface area contributed by atoms with E-state index >= 15 is 0 Å². The van der Waals surface area contributed by atoms with Crippen molar-refractivity contribution in [1.29, 1.82) is 5.26 Å². The Labute approximate surface area is 148 Å². The Morgan fingerprint density at radius 3 is 2.68 bits per heavy atom. The van der Waals surface area contributed by atoms with Crippen LogP contribution in [0.2, 0.25) is 0 Å². The van der Waals surface area contributed by atoms with Gasteiger partial charge in [0.2, 0.25) is 0 Å². The zero-order chi connectivity index (χ0) is 18.4. The lowest BCUT2D eigenvalue weighted by molar-refractivity contribution is -0.112. The number of nitrogens with zero attached hydrogens (tertiary/aromatic N) is 1. The van der Waals surface area contributed by atoms with Crippen LogP contribution < -0.4 is 16.4 Å². The summed E-state index contributed by atoms with van der Waals surface area (Å²) in [6, 6.07) is 13.3. The Morgan fingerprint density at radius 1 is 1.28 bits per heavy atom. The predicted octanol–water partition coefficient (Wildman–Crippen LogP) is 3.91. The molecular weight excluding hydrogens is 312 g/mol. The van der Waals surface area contributed by atoms with E-state index < -0.39 is 5.91 Å². The van der Waals surface area contributed by atoms with E-state index in [-0.39, 0.29) is 5.57 Å². The Bertz CT molecular complexity index is 862. The minimum Gasteiger partial charge on any atom is -0.397 e. The van der Waals surface area contributed by atoms with Crippen molar-refractivity contribution in [3.05, 3.63) is 64.9 Å². The molecule has 0 saturated carbocycles. The number of carbonyl (C=O) groups is 1. The largest absolute Gasteiger partial charge is 0.397 e. The molecule has 0 aliphatic rings. The van der Waals surface area contributed by atoms with E-state index in [1.807, 2.05) is 63.2 Å². The predicted molar refractivity (Wildman–Crippen MR) is 102 cm³/mol. The normalized spacial score (nSPS) is 10.9. The van der Waals surface area contributed by atoms with E-state index in [2.05, 4.69) is 10.6 Å². The van der Waals surface area contributed by atoms with Gasteiger partial charge in [0, 0.05) is 11.9 Å². The maximum atomic E-state index is 12.5. The molecule has 0 saturated heterocycles. The number of anilines is 3. The van der Waals surface area contributed by atoms with Gasteiger partial charge in [-0.25, -0.2) is 0 Å². The number of hydrogen-bond donors (Lipinski definition) is 3. The van der Waals surface area contributed by atoms with Gasteiger partial charge in [0.15, 0.2) is 0 Å². The molecule has 0 bridgehead atoms. The van der Waals surface area contributed by atoms with Crippen LogP contribution in [0.25, 0.3) is 0 Å². The van der Waals surface area contributed by atoms with Crippen molar-refractivity contribution in [1.82, 2.24) is 0 Å². The number of carbonyl (C=O) groups excluding carboxylic acids is 1. The monoisotopic (exact) mass is 334 g/mol. The lowest BCUT2D eigenvalue weighted by Gasteiger charge is -2.13. The third-order valence-corrected chi connectivity index (χ3v) is 3.92. The van der Waals surface area contributed by atoms with Gasteiger partial charge in [0.1, 0.15) is 11.6 Å². The molecule has 5 nitrogen and oxygen atoms in total. The summed E-state index contributed by atoms with van der Waals surface area (Å²) in [5, 5.41) is 15.1. The van der Waals surface area contributed by atoms with Crippen LogP contribution in [0.15, 0.2) is 48.2 Å².